The van der Waals surface area contributed by atoms with E-state index in [1.807, 2.05) is 6.92 Å². The van der Waals surface area contributed by atoms with Crippen molar-refractivity contribution in [2.75, 3.05) is 17.2 Å². The van der Waals surface area contributed by atoms with E-state index in [1.54, 1.807) is 6.92 Å². The molecule has 0 aliphatic heterocycles. The molecule has 20 heavy (non-hydrogen) atoms. The van der Waals surface area contributed by atoms with Gasteiger partial charge in [0.1, 0.15) is 5.82 Å². The van der Waals surface area contributed by atoms with Crippen molar-refractivity contribution in [2.45, 2.75) is 52.3 Å². The molecule has 7 heteroatoms. The zero-order valence-corrected chi connectivity index (χ0v) is 12.0. The predicted molar refractivity (Wildman–Crippen MR) is 73.8 cm³/mol. The highest BCUT2D eigenvalue weighted by atomic mass is 19.4. The molecule has 2 N–H and O–H groups in total. The summed E-state index contributed by atoms with van der Waals surface area (Å²) >= 11 is 0. The molecule has 0 spiro atoms. The molecule has 1 heterocycles. The molecular formula is C13H21F3N4. The summed E-state index contributed by atoms with van der Waals surface area (Å²) in [5.74, 6) is 0.194. The van der Waals surface area contributed by atoms with Crippen molar-refractivity contribution in [3.05, 3.63) is 11.8 Å². The zero-order chi connectivity index (χ0) is 15.2. The van der Waals surface area contributed by atoms with Gasteiger partial charge in [0.25, 0.3) is 0 Å². The smallest absolute Gasteiger partial charge is 0.367 e. The lowest BCUT2D eigenvalue weighted by molar-refractivity contribution is -0.141. The van der Waals surface area contributed by atoms with Gasteiger partial charge in [-0.1, -0.05) is 19.8 Å². The van der Waals surface area contributed by atoms with Gasteiger partial charge in [0.15, 0.2) is 5.69 Å². The number of anilines is 2. The molecule has 0 amide bonds. The van der Waals surface area contributed by atoms with Crippen molar-refractivity contribution in [1.82, 2.24) is 9.97 Å². The molecule has 0 saturated carbocycles. The summed E-state index contributed by atoms with van der Waals surface area (Å²) in [5.41, 5.74) is -0.936. The first-order valence-electron chi connectivity index (χ1n) is 6.83. The molecule has 114 valence electrons. The van der Waals surface area contributed by atoms with Gasteiger partial charge in [0, 0.05) is 18.7 Å². The van der Waals surface area contributed by atoms with Crippen molar-refractivity contribution < 1.29 is 13.2 Å². The zero-order valence-electron chi connectivity index (χ0n) is 12.0. The molecule has 1 aromatic rings. The van der Waals surface area contributed by atoms with Crippen LogP contribution in [0.1, 0.15) is 45.7 Å². The summed E-state index contributed by atoms with van der Waals surface area (Å²) in [6.45, 7) is 6.24. The van der Waals surface area contributed by atoms with Crippen LogP contribution in [0.5, 0.6) is 0 Å². The summed E-state index contributed by atoms with van der Waals surface area (Å²) in [4.78, 5) is 7.53. The van der Waals surface area contributed by atoms with E-state index >= 15 is 0 Å². The highest BCUT2D eigenvalue weighted by molar-refractivity contribution is 5.43. The number of rotatable bonds is 7. The first-order chi connectivity index (χ1) is 9.36. The lowest BCUT2D eigenvalue weighted by Gasteiger charge is -2.16. The molecular weight excluding hydrogens is 269 g/mol. The normalized spacial score (nSPS) is 13.1. The van der Waals surface area contributed by atoms with Gasteiger partial charge in [-0.15, -0.1) is 0 Å². The average molecular weight is 290 g/mol. The van der Waals surface area contributed by atoms with E-state index in [1.165, 1.54) is 0 Å². The molecule has 0 fully saturated rings. The highest BCUT2D eigenvalue weighted by Gasteiger charge is 2.33. The number of unbranched alkanes of at least 4 members (excludes halogenated alkanes) is 1. The minimum atomic E-state index is -4.48. The molecule has 0 saturated heterocycles. The SMILES string of the molecule is CCCCC(C)Nc1cc(C(F)(F)F)nc(NCC)n1. The molecule has 0 bridgehead atoms. The Kier molecular flexibility index (Phi) is 6.04. The number of halogens is 3. The second kappa shape index (κ2) is 7.31. The van der Waals surface area contributed by atoms with Crippen LogP contribution in [0, 0.1) is 0 Å². The van der Waals surface area contributed by atoms with Crippen molar-refractivity contribution in [3.63, 3.8) is 0 Å². The van der Waals surface area contributed by atoms with E-state index in [0.29, 0.717) is 6.54 Å². The summed E-state index contributed by atoms with van der Waals surface area (Å²) < 4.78 is 38.3. The van der Waals surface area contributed by atoms with E-state index in [9.17, 15) is 13.2 Å². The fourth-order valence-electron chi connectivity index (χ4n) is 1.74. The van der Waals surface area contributed by atoms with Gasteiger partial charge in [-0.3, -0.25) is 0 Å². The predicted octanol–water partition coefficient (Wildman–Crippen LogP) is 3.92. The lowest BCUT2D eigenvalue weighted by atomic mass is 10.1. The van der Waals surface area contributed by atoms with E-state index in [-0.39, 0.29) is 17.8 Å². The summed E-state index contributed by atoms with van der Waals surface area (Å²) in [7, 11) is 0. The number of alkyl halides is 3. The molecule has 0 aliphatic rings. The Balaban J connectivity index is 2.91. The number of nitrogens with one attached hydrogen (secondary N) is 2. The lowest BCUT2D eigenvalue weighted by Crippen LogP contribution is -2.19. The van der Waals surface area contributed by atoms with Crippen LogP contribution in [-0.2, 0) is 6.18 Å². The topological polar surface area (TPSA) is 49.8 Å². The molecule has 0 aliphatic carbocycles. The summed E-state index contributed by atoms with van der Waals surface area (Å²) in [5, 5.41) is 5.71. The fraction of sp³-hybridized carbons (Fsp3) is 0.692. The first-order valence-corrected chi connectivity index (χ1v) is 6.83. The second-order valence-corrected chi connectivity index (χ2v) is 4.68. The Morgan fingerprint density at radius 3 is 2.50 bits per heavy atom. The first kappa shape index (κ1) is 16.5. The number of hydrogen-bond donors (Lipinski definition) is 2. The highest BCUT2D eigenvalue weighted by Crippen LogP contribution is 2.29. The van der Waals surface area contributed by atoms with Gasteiger partial charge < -0.3 is 10.6 Å². The molecule has 0 aromatic carbocycles. The van der Waals surface area contributed by atoms with E-state index < -0.39 is 11.9 Å². The van der Waals surface area contributed by atoms with Crippen LogP contribution in [0.15, 0.2) is 6.07 Å². The quantitative estimate of drug-likeness (QED) is 0.799. The van der Waals surface area contributed by atoms with Crippen LogP contribution in [0.2, 0.25) is 0 Å². The standard InChI is InChI=1S/C13H21F3N4/c1-4-6-7-9(3)18-11-8-10(13(14,15)16)19-12(20-11)17-5-2/h8-9H,4-7H2,1-3H3,(H2,17,18,19,20). The maximum Gasteiger partial charge on any atom is 0.433 e. The van der Waals surface area contributed by atoms with Crippen molar-refractivity contribution in [1.29, 1.82) is 0 Å². The van der Waals surface area contributed by atoms with Gasteiger partial charge in [-0.05, 0) is 20.3 Å². The van der Waals surface area contributed by atoms with Crippen molar-refractivity contribution in [2.24, 2.45) is 0 Å². The molecule has 1 unspecified atom stereocenters. The number of aromatic nitrogens is 2. The van der Waals surface area contributed by atoms with Crippen molar-refractivity contribution in [3.8, 4) is 0 Å². The fourth-order valence-corrected chi connectivity index (χ4v) is 1.74. The third-order valence-electron chi connectivity index (χ3n) is 2.74. The number of nitrogens with zero attached hydrogens (tertiary/aromatic N) is 2. The minimum absolute atomic E-state index is 0.00693. The molecule has 1 atom stereocenters. The Labute approximate surface area is 117 Å². The monoisotopic (exact) mass is 290 g/mol. The summed E-state index contributed by atoms with van der Waals surface area (Å²) in [6, 6.07) is 1.02. The Morgan fingerprint density at radius 2 is 1.95 bits per heavy atom. The molecule has 1 aromatic heterocycles. The molecule has 1 rings (SSSR count). The Morgan fingerprint density at radius 1 is 1.25 bits per heavy atom. The Bertz CT molecular complexity index is 421. The van der Waals surface area contributed by atoms with Crippen LogP contribution >= 0.6 is 0 Å². The molecule has 4 nitrogen and oxygen atoms in total. The van der Waals surface area contributed by atoms with Crippen LogP contribution < -0.4 is 10.6 Å². The van der Waals surface area contributed by atoms with E-state index in [4.69, 9.17) is 0 Å². The second-order valence-electron chi connectivity index (χ2n) is 4.68. The maximum atomic E-state index is 12.8. The largest absolute Gasteiger partial charge is 0.433 e. The summed E-state index contributed by atoms with van der Waals surface area (Å²) in [6.07, 6.45) is -1.52. The Hall–Kier alpha value is -1.53. The van der Waals surface area contributed by atoms with Crippen LogP contribution in [-0.4, -0.2) is 22.6 Å². The van der Waals surface area contributed by atoms with Gasteiger partial charge in [0.05, 0.1) is 0 Å². The number of hydrogen-bond acceptors (Lipinski definition) is 4. The third kappa shape index (κ3) is 5.22. The van der Waals surface area contributed by atoms with E-state index in [0.717, 1.165) is 25.3 Å². The van der Waals surface area contributed by atoms with Gasteiger partial charge >= 0.3 is 6.18 Å². The average Bonchev–Trinajstić information content (AvgIpc) is 2.35. The van der Waals surface area contributed by atoms with E-state index in [2.05, 4.69) is 27.5 Å². The van der Waals surface area contributed by atoms with Crippen LogP contribution in [0.4, 0.5) is 24.9 Å². The minimum Gasteiger partial charge on any atom is -0.367 e. The maximum absolute atomic E-state index is 12.8. The van der Waals surface area contributed by atoms with Crippen LogP contribution in [0.25, 0.3) is 0 Å². The van der Waals surface area contributed by atoms with Gasteiger partial charge in [-0.2, -0.15) is 18.2 Å². The third-order valence-corrected chi connectivity index (χ3v) is 2.74. The molecule has 0 radical (unpaired) electrons. The van der Waals surface area contributed by atoms with Crippen molar-refractivity contribution >= 4 is 11.8 Å². The van der Waals surface area contributed by atoms with Gasteiger partial charge in [0.2, 0.25) is 5.95 Å². The van der Waals surface area contributed by atoms with Gasteiger partial charge in [-0.25, -0.2) is 4.98 Å². The van der Waals surface area contributed by atoms with Crippen LogP contribution in [0.3, 0.4) is 0 Å².